The lowest BCUT2D eigenvalue weighted by Crippen LogP contribution is -2.35. The van der Waals surface area contributed by atoms with E-state index in [4.69, 9.17) is 0 Å². The molecule has 10 heteroatoms. The highest BCUT2D eigenvalue weighted by Gasteiger charge is 2.49. The third kappa shape index (κ3) is 3.41. The van der Waals surface area contributed by atoms with Crippen LogP contribution in [0.1, 0.15) is 34.5 Å². The summed E-state index contributed by atoms with van der Waals surface area (Å²) in [6.07, 6.45) is -3.30. The Morgan fingerprint density at radius 3 is 2.62 bits per heavy atom. The van der Waals surface area contributed by atoms with Crippen LogP contribution in [-0.4, -0.2) is 22.6 Å². The number of halogens is 3. The van der Waals surface area contributed by atoms with Crippen LogP contribution >= 0.6 is 11.3 Å². The van der Waals surface area contributed by atoms with Crippen LogP contribution < -0.4 is 10.5 Å². The van der Waals surface area contributed by atoms with Crippen molar-refractivity contribution in [2.24, 2.45) is 5.92 Å². The highest BCUT2D eigenvalue weighted by molar-refractivity contribution is 7.15. The van der Waals surface area contributed by atoms with Crippen molar-refractivity contribution in [1.82, 2.24) is 4.98 Å². The van der Waals surface area contributed by atoms with Gasteiger partial charge in [-0.15, -0.1) is 0 Å². The molecule has 1 aliphatic carbocycles. The van der Waals surface area contributed by atoms with Gasteiger partial charge >= 0.3 is 6.18 Å². The maximum atomic E-state index is 13.3. The molecule has 1 aromatic carbocycles. The first-order chi connectivity index (χ1) is 13.7. The van der Waals surface area contributed by atoms with E-state index in [0.717, 1.165) is 29.4 Å². The third-order valence-corrected chi connectivity index (χ3v) is 6.60. The Morgan fingerprint density at radius 1 is 1.28 bits per heavy atom. The number of hydrogen-bond donors (Lipinski definition) is 0. The average molecular weight is 423 g/mol. The zero-order valence-corrected chi connectivity index (χ0v) is 16.1. The van der Waals surface area contributed by atoms with Crippen molar-refractivity contribution in [3.05, 3.63) is 71.9 Å². The summed E-state index contributed by atoms with van der Waals surface area (Å²) in [4.78, 5) is 29.3. The summed E-state index contributed by atoms with van der Waals surface area (Å²) in [5.74, 6) is -1.40. The standard InChI is InChI=1S/C19H16F3N3O3S/c1-10-14(19(20,21)22)8-13-16(15(10)25(27)28)29-18(23-17(13)26)24-7-6-11-4-2-3-5-12(11)9-24/h2-5,8,10,15H,6-7,9H2,1H3. The van der Waals surface area contributed by atoms with E-state index in [1.54, 1.807) is 0 Å². The lowest BCUT2D eigenvalue weighted by molar-refractivity contribution is -0.536. The van der Waals surface area contributed by atoms with Gasteiger partial charge < -0.3 is 4.90 Å². The molecule has 2 heterocycles. The number of benzene rings is 1. The quantitative estimate of drug-likeness (QED) is 0.540. The molecule has 0 saturated carbocycles. The molecule has 0 radical (unpaired) electrons. The van der Waals surface area contributed by atoms with Gasteiger partial charge in [-0.05, 0) is 23.6 Å². The van der Waals surface area contributed by atoms with Crippen LogP contribution in [0.2, 0.25) is 0 Å². The van der Waals surface area contributed by atoms with Gasteiger partial charge in [0.2, 0.25) is 0 Å². The minimum Gasteiger partial charge on any atom is -0.343 e. The van der Waals surface area contributed by atoms with E-state index in [0.29, 0.717) is 18.2 Å². The number of aromatic nitrogens is 1. The monoisotopic (exact) mass is 423 g/mol. The van der Waals surface area contributed by atoms with Crippen molar-refractivity contribution in [2.45, 2.75) is 32.1 Å². The summed E-state index contributed by atoms with van der Waals surface area (Å²) in [5.41, 5.74) is -0.0196. The molecular formula is C19H16F3N3O3S. The number of rotatable bonds is 2. The Labute approximate surface area is 167 Å². The van der Waals surface area contributed by atoms with Crippen LogP contribution in [-0.2, 0) is 13.0 Å². The van der Waals surface area contributed by atoms with E-state index in [-0.39, 0.29) is 10.4 Å². The van der Waals surface area contributed by atoms with Gasteiger partial charge in [0.05, 0.1) is 16.4 Å². The third-order valence-electron chi connectivity index (χ3n) is 5.38. The molecule has 1 aromatic heterocycles. The zero-order valence-electron chi connectivity index (χ0n) is 15.3. The van der Waals surface area contributed by atoms with Crippen molar-refractivity contribution in [3.63, 3.8) is 0 Å². The van der Waals surface area contributed by atoms with Crippen LogP contribution in [0, 0.1) is 16.0 Å². The molecule has 2 aromatic rings. The first-order valence-electron chi connectivity index (χ1n) is 8.96. The molecule has 0 fully saturated rings. The molecular weight excluding hydrogens is 407 g/mol. The topological polar surface area (TPSA) is 76.3 Å². The Morgan fingerprint density at radius 2 is 1.97 bits per heavy atom. The molecule has 1 aliphatic heterocycles. The maximum Gasteiger partial charge on any atom is 0.413 e. The van der Waals surface area contributed by atoms with Gasteiger partial charge in [-0.25, -0.2) is 0 Å². The SMILES string of the molecule is CC1C(C(F)(F)F)=Cc2c(sc(N3CCc4ccccc4C3)nc2=O)C1[N+](=O)[O-]. The normalized spacial score (nSPS) is 21.2. The Bertz CT molecular complexity index is 1080. The van der Waals surface area contributed by atoms with Crippen molar-refractivity contribution < 1.29 is 18.1 Å². The fourth-order valence-electron chi connectivity index (χ4n) is 3.88. The predicted molar refractivity (Wildman–Crippen MR) is 103 cm³/mol. The number of nitro groups is 1. The smallest absolute Gasteiger partial charge is 0.343 e. The number of hydrogen-bond acceptors (Lipinski definition) is 6. The summed E-state index contributed by atoms with van der Waals surface area (Å²) < 4.78 is 40.0. The van der Waals surface area contributed by atoms with Gasteiger partial charge in [0.15, 0.2) is 5.13 Å². The van der Waals surface area contributed by atoms with Gasteiger partial charge in [0.1, 0.15) is 0 Å². The van der Waals surface area contributed by atoms with E-state index in [9.17, 15) is 28.1 Å². The molecule has 4 rings (SSSR count). The molecule has 0 spiro atoms. The van der Waals surface area contributed by atoms with Gasteiger partial charge in [0.25, 0.3) is 11.6 Å². The highest BCUT2D eigenvalue weighted by Crippen LogP contribution is 2.46. The van der Waals surface area contributed by atoms with Crippen LogP contribution in [0.3, 0.4) is 0 Å². The molecule has 0 bridgehead atoms. The molecule has 0 amide bonds. The first kappa shape index (κ1) is 19.6. The largest absolute Gasteiger partial charge is 0.413 e. The van der Waals surface area contributed by atoms with Crippen LogP contribution in [0.25, 0.3) is 6.08 Å². The van der Waals surface area contributed by atoms with E-state index >= 15 is 0 Å². The van der Waals surface area contributed by atoms with Crippen LogP contribution in [0.15, 0.2) is 34.6 Å². The lowest BCUT2D eigenvalue weighted by atomic mass is 9.85. The molecule has 29 heavy (non-hydrogen) atoms. The summed E-state index contributed by atoms with van der Waals surface area (Å²) in [6, 6.07) is 6.19. The minimum absolute atomic E-state index is 0.0318. The molecule has 2 atom stereocenters. The summed E-state index contributed by atoms with van der Waals surface area (Å²) in [5, 5.41) is 11.9. The second-order valence-corrected chi connectivity index (χ2v) is 8.15. The van der Waals surface area contributed by atoms with Gasteiger partial charge in [-0.3, -0.25) is 14.9 Å². The zero-order chi connectivity index (χ0) is 20.9. The lowest BCUT2D eigenvalue weighted by Gasteiger charge is -2.31. The van der Waals surface area contributed by atoms with E-state index < -0.39 is 34.2 Å². The first-order valence-corrected chi connectivity index (χ1v) is 9.77. The fourth-order valence-corrected chi connectivity index (χ4v) is 5.16. The number of anilines is 1. The van der Waals surface area contributed by atoms with Crippen molar-refractivity contribution >= 4 is 22.5 Å². The van der Waals surface area contributed by atoms with Crippen molar-refractivity contribution in [1.29, 1.82) is 0 Å². The predicted octanol–water partition coefficient (Wildman–Crippen LogP) is 3.98. The molecule has 2 aliphatic rings. The molecule has 2 unspecified atom stereocenters. The minimum atomic E-state index is -4.75. The summed E-state index contributed by atoms with van der Waals surface area (Å²) >= 11 is 0.934. The summed E-state index contributed by atoms with van der Waals surface area (Å²) in [7, 11) is 0. The van der Waals surface area contributed by atoms with E-state index in [1.165, 1.54) is 12.5 Å². The Hall–Kier alpha value is -2.75. The maximum absolute atomic E-state index is 13.3. The van der Waals surface area contributed by atoms with Crippen molar-refractivity contribution in [2.75, 3.05) is 11.4 Å². The summed E-state index contributed by atoms with van der Waals surface area (Å²) in [6.45, 7) is 2.23. The molecule has 152 valence electrons. The van der Waals surface area contributed by atoms with Crippen LogP contribution in [0.5, 0.6) is 0 Å². The highest BCUT2D eigenvalue weighted by atomic mass is 32.1. The Kier molecular flexibility index (Phi) is 4.68. The van der Waals surface area contributed by atoms with Gasteiger partial charge in [-0.1, -0.05) is 42.5 Å². The molecule has 0 saturated heterocycles. The van der Waals surface area contributed by atoms with Crippen molar-refractivity contribution in [3.8, 4) is 0 Å². The Balaban J connectivity index is 1.81. The second kappa shape index (κ2) is 6.94. The average Bonchev–Trinajstić information content (AvgIpc) is 2.65. The fraction of sp³-hybridized carbons (Fsp3) is 0.368. The van der Waals surface area contributed by atoms with Crippen LogP contribution in [0.4, 0.5) is 18.3 Å². The van der Waals surface area contributed by atoms with Gasteiger partial charge in [0, 0.05) is 23.6 Å². The van der Waals surface area contributed by atoms with E-state index in [2.05, 4.69) is 4.98 Å². The number of alkyl halides is 3. The number of nitrogens with zero attached hydrogens (tertiary/aromatic N) is 3. The molecule has 6 nitrogen and oxygen atoms in total. The number of fused-ring (bicyclic) bond motifs is 2. The van der Waals surface area contributed by atoms with Gasteiger partial charge in [-0.2, -0.15) is 18.2 Å². The molecule has 0 N–H and O–H groups in total. The second-order valence-electron chi connectivity index (χ2n) is 7.14. The van der Waals surface area contributed by atoms with E-state index in [1.807, 2.05) is 29.2 Å².